The molecule has 3 rings (SSSR count). The minimum absolute atomic E-state index is 0.263. The Bertz CT molecular complexity index is 680. The number of benzene rings is 2. The quantitative estimate of drug-likeness (QED) is 0.725. The van der Waals surface area contributed by atoms with E-state index in [1.165, 1.54) is 0 Å². The summed E-state index contributed by atoms with van der Waals surface area (Å²) in [4.78, 5) is 2.35. The van der Waals surface area contributed by atoms with E-state index < -0.39 is 0 Å². The monoisotopic (exact) mass is 365 g/mol. The Balaban J connectivity index is 1.51. The van der Waals surface area contributed by atoms with Gasteiger partial charge in [0.1, 0.15) is 28.7 Å². The standard InChI is InChI=1S/C19H21Cl2NO2/c1-19(24-17-9-5-8-16(20)18(17)21)10-11-22(14-19)12-13-23-15-6-3-2-4-7-15/h2-9H,10-14H2,1H3. The number of hydrogen-bond acceptors (Lipinski definition) is 3. The Morgan fingerprint density at radius 1 is 1.08 bits per heavy atom. The molecule has 0 amide bonds. The van der Waals surface area contributed by atoms with Gasteiger partial charge in [-0.25, -0.2) is 0 Å². The summed E-state index contributed by atoms with van der Waals surface area (Å²) < 4.78 is 11.9. The zero-order chi connectivity index (χ0) is 17.0. The number of rotatable bonds is 6. The molecule has 0 aliphatic carbocycles. The van der Waals surface area contributed by atoms with Crippen molar-refractivity contribution in [1.29, 1.82) is 0 Å². The van der Waals surface area contributed by atoms with Crippen molar-refractivity contribution in [3.63, 3.8) is 0 Å². The van der Waals surface area contributed by atoms with Gasteiger partial charge in [-0.15, -0.1) is 0 Å². The normalized spacial score (nSPS) is 21.0. The molecule has 1 heterocycles. The Kier molecular flexibility index (Phi) is 5.54. The lowest BCUT2D eigenvalue weighted by atomic mass is 10.1. The number of halogens is 2. The number of hydrogen-bond donors (Lipinski definition) is 0. The van der Waals surface area contributed by atoms with Gasteiger partial charge in [-0.2, -0.15) is 0 Å². The van der Waals surface area contributed by atoms with Crippen LogP contribution >= 0.6 is 23.2 Å². The van der Waals surface area contributed by atoms with Crippen molar-refractivity contribution < 1.29 is 9.47 Å². The molecule has 24 heavy (non-hydrogen) atoms. The molecule has 128 valence electrons. The van der Waals surface area contributed by atoms with Gasteiger partial charge >= 0.3 is 0 Å². The smallest absolute Gasteiger partial charge is 0.140 e. The van der Waals surface area contributed by atoms with Crippen LogP contribution in [0, 0.1) is 0 Å². The van der Waals surface area contributed by atoms with E-state index in [-0.39, 0.29) is 5.60 Å². The number of ether oxygens (including phenoxy) is 2. The third kappa shape index (κ3) is 4.35. The van der Waals surface area contributed by atoms with E-state index >= 15 is 0 Å². The van der Waals surface area contributed by atoms with Crippen molar-refractivity contribution in [1.82, 2.24) is 4.90 Å². The van der Waals surface area contributed by atoms with Crippen molar-refractivity contribution in [3.05, 3.63) is 58.6 Å². The van der Waals surface area contributed by atoms with Gasteiger partial charge in [0.15, 0.2) is 0 Å². The van der Waals surface area contributed by atoms with Crippen LogP contribution in [0.25, 0.3) is 0 Å². The molecular formula is C19H21Cl2NO2. The third-order valence-corrected chi connectivity index (χ3v) is 5.01. The summed E-state index contributed by atoms with van der Waals surface area (Å²) in [6, 6.07) is 15.4. The minimum atomic E-state index is -0.263. The molecule has 0 bridgehead atoms. The van der Waals surface area contributed by atoms with Crippen molar-refractivity contribution in [2.24, 2.45) is 0 Å². The van der Waals surface area contributed by atoms with Gasteiger partial charge < -0.3 is 9.47 Å². The first kappa shape index (κ1) is 17.4. The molecule has 0 aromatic heterocycles. The van der Waals surface area contributed by atoms with Crippen LogP contribution < -0.4 is 9.47 Å². The summed E-state index contributed by atoms with van der Waals surface area (Å²) in [5.74, 6) is 1.55. The lowest BCUT2D eigenvalue weighted by Gasteiger charge is -2.27. The zero-order valence-corrected chi connectivity index (χ0v) is 15.2. The highest BCUT2D eigenvalue weighted by Gasteiger charge is 2.36. The van der Waals surface area contributed by atoms with Crippen molar-refractivity contribution in [3.8, 4) is 11.5 Å². The van der Waals surface area contributed by atoms with Crippen molar-refractivity contribution in [2.45, 2.75) is 18.9 Å². The van der Waals surface area contributed by atoms with E-state index in [4.69, 9.17) is 32.7 Å². The van der Waals surface area contributed by atoms with Gasteiger partial charge in [-0.1, -0.05) is 47.5 Å². The molecule has 0 spiro atoms. The predicted molar refractivity (Wildman–Crippen MR) is 98.5 cm³/mol. The first-order valence-corrected chi connectivity index (χ1v) is 8.85. The molecule has 1 saturated heterocycles. The van der Waals surface area contributed by atoms with Gasteiger partial charge in [-0.05, 0) is 31.2 Å². The molecule has 3 nitrogen and oxygen atoms in total. The number of likely N-dealkylation sites (tertiary alicyclic amines) is 1. The van der Waals surface area contributed by atoms with Crippen LogP contribution in [0.2, 0.25) is 10.0 Å². The van der Waals surface area contributed by atoms with E-state index in [1.807, 2.05) is 42.5 Å². The summed E-state index contributed by atoms with van der Waals surface area (Å²) in [5, 5.41) is 0.995. The van der Waals surface area contributed by atoms with Gasteiger partial charge in [-0.3, -0.25) is 4.90 Å². The summed E-state index contributed by atoms with van der Waals surface area (Å²) >= 11 is 12.3. The predicted octanol–water partition coefficient (Wildman–Crippen LogP) is 4.92. The first-order valence-electron chi connectivity index (χ1n) is 8.09. The summed E-state index contributed by atoms with van der Waals surface area (Å²) in [7, 11) is 0. The average Bonchev–Trinajstić information content (AvgIpc) is 2.94. The maximum Gasteiger partial charge on any atom is 0.140 e. The van der Waals surface area contributed by atoms with Gasteiger partial charge in [0.25, 0.3) is 0 Å². The molecule has 1 unspecified atom stereocenters. The fraction of sp³-hybridized carbons (Fsp3) is 0.368. The van der Waals surface area contributed by atoms with Crippen molar-refractivity contribution >= 4 is 23.2 Å². The molecule has 2 aromatic carbocycles. The van der Waals surface area contributed by atoms with E-state index in [1.54, 1.807) is 6.07 Å². The van der Waals surface area contributed by atoms with Crippen LogP contribution in [0.3, 0.4) is 0 Å². The summed E-state index contributed by atoms with van der Waals surface area (Å²) in [6.07, 6.45) is 0.946. The van der Waals surface area contributed by atoms with Crippen molar-refractivity contribution in [2.75, 3.05) is 26.2 Å². The van der Waals surface area contributed by atoms with E-state index in [2.05, 4.69) is 11.8 Å². The second-order valence-corrected chi connectivity index (χ2v) is 7.08. The fourth-order valence-electron chi connectivity index (χ4n) is 2.94. The molecule has 1 aliphatic heterocycles. The Hall–Kier alpha value is -1.42. The van der Waals surface area contributed by atoms with Crippen LogP contribution in [0.1, 0.15) is 13.3 Å². The van der Waals surface area contributed by atoms with Gasteiger partial charge in [0.2, 0.25) is 0 Å². The molecule has 0 saturated carbocycles. The van der Waals surface area contributed by atoms with Crippen LogP contribution in [-0.2, 0) is 0 Å². The van der Waals surface area contributed by atoms with E-state index in [0.717, 1.165) is 31.8 Å². The molecule has 1 atom stereocenters. The highest BCUT2D eigenvalue weighted by atomic mass is 35.5. The van der Waals surface area contributed by atoms with E-state index in [0.29, 0.717) is 22.4 Å². The SMILES string of the molecule is CC1(Oc2cccc(Cl)c2Cl)CCN(CCOc2ccccc2)C1. The Morgan fingerprint density at radius 2 is 1.88 bits per heavy atom. The Labute approximate surface area is 153 Å². The lowest BCUT2D eigenvalue weighted by Crippen LogP contribution is -2.37. The number of nitrogens with zero attached hydrogens (tertiary/aromatic N) is 1. The Morgan fingerprint density at radius 3 is 2.67 bits per heavy atom. The molecule has 1 aliphatic rings. The molecule has 5 heteroatoms. The summed E-state index contributed by atoms with van der Waals surface area (Å²) in [5.41, 5.74) is -0.263. The highest BCUT2D eigenvalue weighted by molar-refractivity contribution is 6.42. The first-order chi connectivity index (χ1) is 11.6. The second kappa shape index (κ2) is 7.64. The van der Waals surface area contributed by atoms with Gasteiger partial charge in [0.05, 0.1) is 5.02 Å². The van der Waals surface area contributed by atoms with Crippen LogP contribution in [0.4, 0.5) is 0 Å². The van der Waals surface area contributed by atoms with Crippen LogP contribution in [-0.4, -0.2) is 36.7 Å². The lowest BCUT2D eigenvalue weighted by molar-refractivity contribution is 0.0936. The largest absolute Gasteiger partial charge is 0.492 e. The zero-order valence-electron chi connectivity index (χ0n) is 13.7. The fourth-order valence-corrected chi connectivity index (χ4v) is 3.27. The number of para-hydroxylation sites is 1. The minimum Gasteiger partial charge on any atom is -0.492 e. The maximum atomic E-state index is 6.23. The van der Waals surface area contributed by atoms with E-state index in [9.17, 15) is 0 Å². The average molecular weight is 366 g/mol. The summed E-state index contributed by atoms with van der Waals surface area (Å²) in [6.45, 7) is 5.47. The third-order valence-electron chi connectivity index (χ3n) is 4.21. The molecule has 2 aromatic rings. The second-order valence-electron chi connectivity index (χ2n) is 6.29. The highest BCUT2D eigenvalue weighted by Crippen LogP contribution is 2.36. The van der Waals surface area contributed by atoms with Crippen LogP contribution in [0.15, 0.2) is 48.5 Å². The maximum absolute atomic E-state index is 6.23. The molecule has 1 fully saturated rings. The molecule has 0 radical (unpaired) electrons. The topological polar surface area (TPSA) is 21.7 Å². The van der Waals surface area contributed by atoms with Crippen LogP contribution in [0.5, 0.6) is 11.5 Å². The molecular weight excluding hydrogens is 345 g/mol. The van der Waals surface area contributed by atoms with Gasteiger partial charge in [0, 0.05) is 26.1 Å². The molecule has 0 N–H and O–H groups in total.